The highest BCUT2D eigenvalue weighted by Crippen LogP contribution is 2.31. The van der Waals surface area contributed by atoms with Crippen LogP contribution in [-0.2, 0) is 6.54 Å². The molecule has 0 bridgehead atoms. The van der Waals surface area contributed by atoms with E-state index in [-0.39, 0.29) is 5.91 Å². The molecule has 0 saturated carbocycles. The molecule has 3 rings (SSSR count). The van der Waals surface area contributed by atoms with Crippen molar-refractivity contribution in [2.45, 2.75) is 20.4 Å². The molecular weight excluding hydrogens is 334 g/mol. The molecule has 7 heteroatoms. The van der Waals surface area contributed by atoms with E-state index < -0.39 is 0 Å². The number of hydrogen-bond donors (Lipinski definition) is 0. The van der Waals surface area contributed by atoms with Crippen molar-refractivity contribution in [3.8, 4) is 0 Å². The quantitative estimate of drug-likeness (QED) is 0.680. The zero-order chi connectivity index (χ0) is 18.0. The third kappa shape index (κ3) is 3.57. The molecule has 0 unspecified atom stereocenters. The fourth-order valence-corrected chi connectivity index (χ4v) is 3.75. The van der Waals surface area contributed by atoms with Gasteiger partial charge in [0.05, 0.1) is 10.2 Å². The van der Waals surface area contributed by atoms with Gasteiger partial charge in [-0.3, -0.25) is 14.4 Å². The highest BCUT2D eigenvalue weighted by molar-refractivity contribution is 7.22. The van der Waals surface area contributed by atoms with Gasteiger partial charge in [-0.1, -0.05) is 23.5 Å². The second kappa shape index (κ2) is 7.33. The third-order valence-electron chi connectivity index (χ3n) is 4.09. The van der Waals surface area contributed by atoms with E-state index in [0.29, 0.717) is 18.8 Å². The van der Waals surface area contributed by atoms with E-state index in [1.165, 1.54) is 0 Å². The molecule has 0 atom stereocenters. The number of aryl methyl sites for hydroxylation is 2. The number of nitrogens with zero attached hydrogens (tertiary/aromatic N) is 5. The minimum absolute atomic E-state index is 0.0575. The van der Waals surface area contributed by atoms with Crippen LogP contribution in [0.15, 0.2) is 30.5 Å². The van der Waals surface area contributed by atoms with Crippen LogP contribution < -0.4 is 4.90 Å². The van der Waals surface area contributed by atoms with E-state index in [1.807, 2.05) is 46.1 Å². The minimum atomic E-state index is -0.0575. The van der Waals surface area contributed by atoms with Crippen LogP contribution in [0.3, 0.4) is 0 Å². The van der Waals surface area contributed by atoms with Gasteiger partial charge in [-0.05, 0) is 45.6 Å². The predicted molar refractivity (Wildman–Crippen MR) is 102 cm³/mol. The van der Waals surface area contributed by atoms with Gasteiger partial charge in [0.25, 0.3) is 5.91 Å². The molecular formula is C18H23N5OS. The van der Waals surface area contributed by atoms with Crippen LogP contribution in [0.5, 0.6) is 0 Å². The summed E-state index contributed by atoms with van der Waals surface area (Å²) in [6.45, 7) is 6.04. The van der Waals surface area contributed by atoms with Crippen LogP contribution in [-0.4, -0.2) is 52.8 Å². The van der Waals surface area contributed by atoms with E-state index in [9.17, 15) is 4.79 Å². The van der Waals surface area contributed by atoms with Crippen LogP contribution in [0.1, 0.15) is 23.0 Å². The summed E-state index contributed by atoms with van der Waals surface area (Å²) in [5, 5.41) is 4.96. The normalized spacial score (nSPS) is 11.4. The number of benzene rings is 1. The van der Waals surface area contributed by atoms with Crippen molar-refractivity contribution >= 4 is 32.6 Å². The fourth-order valence-electron chi connectivity index (χ4n) is 2.68. The van der Waals surface area contributed by atoms with E-state index in [4.69, 9.17) is 4.98 Å². The van der Waals surface area contributed by atoms with Gasteiger partial charge < -0.3 is 4.90 Å². The van der Waals surface area contributed by atoms with E-state index in [0.717, 1.165) is 27.5 Å². The maximum Gasteiger partial charge on any atom is 0.278 e. The first-order chi connectivity index (χ1) is 12.0. The lowest BCUT2D eigenvalue weighted by molar-refractivity contribution is 0.0975. The summed E-state index contributed by atoms with van der Waals surface area (Å²) in [5.74, 6) is -0.0575. The first-order valence-electron chi connectivity index (χ1n) is 8.35. The molecule has 0 radical (unpaired) electrons. The number of para-hydroxylation sites is 1. The van der Waals surface area contributed by atoms with Crippen molar-refractivity contribution in [3.05, 3.63) is 41.7 Å². The van der Waals surface area contributed by atoms with Gasteiger partial charge >= 0.3 is 0 Å². The zero-order valence-corrected chi connectivity index (χ0v) is 15.9. The standard InChI is InChI=1S/C18H23N5OS/c1-5-23-14(9-10-19-23)17(24)22(12-11-21(3)4)18-20-16-13(2)7-6-8-15(16)25-18/h6-10H,5,11-12H2,1-4H3. The van der Waals surface area contributed by atoms with Gasteiger partial charge in [-0.25, -0.2) is 4.98 Å². The van der Waals surface area contributed by atoms with Gasteiger partial charge in [0.15, 0.2) is 5.13 Å². The molecule has 2 aromatic heterocycles. The largest absolute Gasteiger partial charge is 0.308 e. The summed E-state index contributed by atoms with van der Waals surface area (Å²) in [6.07, 6.45) is 1.67. The van der Waals surface area contributed by atoms with Crippen LogP contribution in [0.25, 0.3) is 10.2 Å². The highest BCUT2D eigenvalue weighted by atomic mass is 32.1. The lowest BCUT2D eigenvalue weighted by atomic mass is 10.2. The molecule has 6 nitrogen and oxygen atoms in total. The first kappa shape index (κ1) is 17.6. The second-order valence-electron chi connectivity index (χ2n) is 6.21. The minimum Gasteiger partial charge on any atom is -0.308 e. The van der Waals surface area contributed by atoms with Gasteiger partial charge in [-0.15, -0.1) is 0 Å². The molecule has 1 amide bonds. The molecule has 2 heterocycles. The smallest absolute Gasteiger partial charge is 0.278 e. The fraction of sp³-hybridized carbons (Fsp3) is 0.389. The predicted octanol–water partition coefficient (Wildman–Crippen LogP) is 3.03. The van der Waals surface area contributed by atoms with Crippen molar-refractivity contribution < 1.29 is 4.79 Å². The van der Waals surface area contributed by atoms with E-state index in [1.54, 1.807) is 33.2 Å². The summed E-state index contributed by atoms with van der Waals surface area (Å²) in [7, 11) is 4.00. The monoisotopic (exact) mass is 357 g/mol. The Hall–Kier alpha value is -2.25. The number of thiazole rings is 1. The van der Waals surface area contributed by atoms with Crippen molar-refractivity contribution in [2.24, 2.45) is 0 Å². The molecule has 0 N–H and O–H groups in total. The number of aromatic nitrogens is 3. The Labute approximate surface area is 151 Å². The molecule has 0 aliphatic rings. The van der Waals surface area contributed by atoms with Crippen molar-refractivity contribution in [2.75, 3.05) is 32.1 Å². The van der Waals surface area contributed by atoms with Gasteiger partial charge in [0.1, 0.15) is 5.69 Å². The summed E-state index contributed by atoms with van der Waals surface area (Å²) >= 11 is 1.56. The van der Waals surface area contributed by atoms with Gasteiger partial charge in [-0.2, -0.15) is 5.10 Å². The van der Waals surface area contributed by atoms with Gasteiger partial charge in [0, 0.05) is 25.8 Å². The summed E-state index contributed by atoms with van der Waals surface area (Å²) in [4.78, 5) is 21.8. The van der Waals surface area contributed by atoms with Crippen LogP contribution >= 0.6 is 11.3 Å². The van der Waals surface area contributed by atoms with Crippen molar-refractivity contribution in [1.82, 2.24) is 19.7 Å². The Morgan fingerprint density at radius 2 is 2.04 bits per heavy atom. The number of rotatable bonds is 6. The SMILES string of the molecule is CCn1nccc1C(=O)N(CCN(C)C)c1nc2c(C)cccc2s1. The van der Waals surface area contributed by atoms with Crippen LogP contribution in [0.4, 0.5) is 5.13 Å². The maximum atomic E-state index is 13.2. The summed E-state index contributed by atoms with van der Waals surface area (Å²) in [5.41, 5.74) is 2.69. The first-order valence-corrected chi connectivity index (χ1v) is 9.17. The topological polar surface area (TPSA) is 54.3 Å². The van der Waals surface area contributed by atoms with E-state index >= 15 is 0 Å². The van der Waals surface area contributed by atoms with Gasteiger partial charge in [0.2, 0.25) is 0 Å². The highest BCUT2D eigenvalue weighted by Gasteiger charge is 2.24. The number of anilines is 1. The number of fused-ring (bicyclic) bond motifs is 1. The molecule has 0 saturated heterocycles. The van der Waals surface area contributed by atoms with Crippen LogP contribution in [0, 0.1) is 6.92 Å². The molecule has 0 spiro atoms. The second-order valence-corrected chi connectivity index (χ2v) is 7.22. The molecule has 132 valence electrons. The molecule has 3 aromatic rings. The zero-order valence-electron chi connectivity index (χ0n) is 15.1. The number of likely N-dealkylation sites (N-methyl/N-ethyl adjacent to an activating group) is 1. The average Bonchev–Trinajstić information content (AvgIpc) is 3.21. The Bertz CT molecular complexity index is 883. The molecule has 25 heavy (non-hydrogen) atoms. The lowest BCUT2D eigenvalue weighted by Crippen LogP contribution is -2.37. The van der Waals surface area contributed by atoms with E-state index in [2.05, 4.69) is 10.00 Å². The van der Waals surface area contributed by atoms with Crippen molar-refractivity contribution in [3.63, 3.8) is 0 Å². The molecule has 0 fully saturated rings. The third-order valence-corrected chi connectivity index (χ3v) is 5.14. The summed E-state index contributed by atoms with van der Waals surface area (Å²) < 4.78 is 2.82. The molecule has 0 aliphatic heterocycles. The summed E-state index contributed by atoms with van der Waals surface area (Å²) in [6, 6.07) is 7.89. The molecule has 1 aromatic carbocycles. The average molecular weight is 357 g/mol. The maximum absolute atomic E-state index is 13.2. The Kier molecular flexibility index (Phi) is 5.15. The number of amides is 1. The Morgan fingerprint density at radius 1 is 1.24 bits per heavy atom. The number of carbonyl (C=O) groups is 1. The lowest BCUT2D eigenvalue weighted by Gasteiger charge is -2.22. The van der Waals surface area contributed by atoms with Crippen LogP contribution in [0.2, 0.25) is 0 Å². The number of hydrogen-bond acceptors (Lipinski definition) is 5. The molecule has 0 aliphatic carbocycles. The van der Waals surface area contributed by atoms with Crippen molar-refractivity contribution in [1.29, 1.82) is 0 Å². The number of carbonyl (C=O) groups excluding carboxylic acids is 1. The Balaban J connectivity index is 2.01. The Morgan fingerprint density at radius 3 is 2.72 bits per heavy atom.